The summed E-state index contributed by atoms with van der Waals surface area (Å²) < 4.78 is 0. The zero-order valence-corrected chi connectivity index (χ0v) is 18.2. The van der Waals surface area contributed by atoms with Crippen LogP contribution in [-0.4, -0.2) is 52.2 Å². The first-order chi connectivity index (χ1) is 14.6. The average Bonchev–Trinajstić information content (AvgIpc) is 3.39. The van der Waals surface area contributed by atoms with E-state index in [1.54, 1.807) is 0 Å². The third kappa shape index (κ3) is 3.47. The fraction of sp³-hybridized carbons (Fsp3) is 0.391. The van der Waals surface area contributed by atoms with E-state index >= 15 is 0 Å². The number of hydrogen-bond donors (Lipinski definition) is 0. The Labute approximate surface area is 180 Å². The summed E-state index contributed by atoms with van der Waals surface area (Å²) in [6.45, 7) is 6.95. The predicted molar refractivity (Wildman–Crippen MR) is 119 cm³/mol. The average molecular weight is 420 g/mol. The first-order valence-electron chi connectivity index (χ1n) is 10.5. The van der Waals surface area contributed by atoms with Crippen molar-refractivity contribution in [2.75, 3.05) is 31.1 Å². The quantitative estimate of drug-likeness (QED) is 0.648. The molecule has 0 spiro atoms. The number of nitrogens with zero attached hydrogens (tertiary/aromatic N) is 5. The number of hydrogen-bond acceptors (Lipinski definition) is 6. The molecular formula is C23H25N5OS. The highest BCUT2D eigenvalue weighted by Crippen LogP contribution is 2.31. The maximum atomic E-state index is 13.2. The first kappa shape index (κ1) is 19.2. The van der Waals surface area contributed by atoms with Gasteiger partial charge < -0.3 is 9.80 Å². The molecular weight excluding hydrogens is 394 g/mol. The third-order valence-corrected chi connectivity index (χ3v) is 7.24. The highest BCUT2D eigenvalue weighted by atomic mass is 32.1. The van der Waals surface area contributed by atoms with Gasteiger partial charge in [0.15, 0.2) is 5.82 Å². The molecule has 0 bridgehead atoms. The van der Waals surface area contributed by atoms with Gasteiger partial charge in [-0.1, -0.05) is 24.3 Å². The minimum atomic E-state index is 0.0875. The van der Waals surface area contributed by atoms with Gasteiger partial charge in [0.25, 0.3) is 5.91 Å². The molecule has 1 amide bonds. The van der Waals surface area contributed by atoms with Gasteiger partial charge in [-0.05, 0) is 50.3 Å². The van der Waals surface area contributed by atoms with Gasteiger partial charge in [-0.15, -0.1) is 16.4 Å². The van der Waals surface area contributed by atoms with Crippen molar-refractivity contribution in [1.29, 1.82) is 0 Å². The number of fused-ring (bicyclic) bond motifs is 1. The van der Waals surface area contributed by atoms with Gasteiger partial charge in [0.05, 0.1) is 11.4 Å². The largest absolute Gasteiger partial charge is 0.352 e. The van der Waals surface area contributed by atoms with Crippen molar-refractivity contribution in [3.8, 4) is 10.6 Å². The number of carbonyl (C=O) groups excluding carboxylic acids is 1. The van der Waals surface area contributed by atoms with Crippen LogP contribution in [0, 0.1) is 13.8 Å². The molecule has 0 radical (unpaired) electrons. The molecule has 3 aromatic rings. The molecule has 0 N–H and O–H groups in total. The van der Waals surface area contributed by atoms with Gasteiger partial charge in [0.1, 0.15) is 9.88 Å². The monoisotopic (exact) mass is 419 g/mol. The molecule has 0 atom stereocenters. The van der Waals surface area contributed by atoms with Crippen LogP contribution < -0.4 is 4.90 Å². The number of rotatable bonds is 3. The maximum Gasteiger partial charge on any atom is 0.265 e. The molecule has 0 unspecified atom stereocenters. The summed E-state index contributed by atoms with van der Waals surface area (Å²) in [4.78, 5) is 22.8. The van der Waals surface area contributed by atoms with E-state index in [0.717, 1.165) is 58.6 Å². The van der Waals surface area contributed by atoms with Crippen LogP contribution >= 0.6 is 11.3 Å². The summed E-state index contributed by atoms with van der Waals surface area (Å²) in [5.41, 5.74) is 5.58. The van der Waals surface area contributed by atoms with Crippen molar-refractivity contribution in [1.82, 2.24) is 20.1 Å². The summed E-state index contributed by atoms with van der Waals surface area (Å²) in [6.07, 6.45) is 3.32. The Morgan fingerprint density at radius 1 is 1.03 bits per heavy atom. The summed E-state index contributed by atoms with van der Waals surface area (Å²) in [5.74, 6) is 1.03. The zero-order chi connectivity index (χ0) is 20.7. The molecule has 3 heterocycles. The van der Waals surface area contributed by atoms with Crippen molar-refractivity contribution in [2.24, 2.45) is 0 Å². The molecule has 0 saturated carbocycles. The summed E-state index contributed by atoms with van der Waals surface area (Å²) in [7, 11) is 0. The van der Waals surface area contributed by atoms with Gasteiger partial charge in [-0.3, -0.25) is 4.79 Å². The van der Waals surface area contributed by atoms with Crippen molar-refractivity contribution >= 4 is 23.1 Å². The number of amides is 1. The van der Waals surface area contributed by atoms with E-state index in [4.69, 9.17) is 4.98 Å². The Morgan fingerprint density at radius 2 is 1.83 bits per heavy atom. The van der Waals surface area contributed by atoms with Gasteiger partial charge in [-0.2, -0.15) is 5.10 Å². The molecule has 1 aromatic carbocycles. The highest BCUT2D eigenvalue weighted by molar-refractivity contribution is 7.17. The second-order valence-corrected chi connectivity index (χ2v) is 9.05. The van der Waals surface area contributed by atoms with Crippen molar-refractivity contribution in [2.45, 2.75) is 33.1 Å². The Morgan fingerprint density at radius 3 is 2.63 bits per heavy atom. The van der Waals surface area contributed by atoms with Crippen LogP contribution in [0.3, 0.4) is 0 Å². The predicted octanol–water partition coefficient (Wildman–Crippen LogP) is 3.67. The third-order valence-electron chi connectivity index (χ3n) is 6.06. The minimum Gasteiger partial charge on any atom is -0.352 e. The van der Waals surface area contributed by atoms with Gasteiger partial charge in [0.2, 0.25) is 0 Å². The Balaban J connectivity index is 1.29. The molecule has 2 aliphatic rings. The highest BCUT2D eigenvalue weighted by Gasteiger charge is 2.27. The van der Waals surface area contributed by atoms with Crippen LogP contribution in [0.1, 0.15) is 38.6 Å². The van der Waals surface area contributed by atoms with E-state index in [0.29, 0.717) is 13.1 Å². The number of benzene rings is 1. The van der Waals surface area contributed by atoms with Crippen LogP contribution in [0.4, 0.5) is 5.82 Å². The molecule has 1 aliphatic carbocycles. The SMILES string of the molecule is Cc1ccccc1-c1nc(C)c(C(=O)N2CCN(c3cc4c(nn3)CCC4)CC2)s1. The fourth-order valence-corrected chi connectivity index (χ4v) is 5.40. The second-order valence-electron chi connectivity index (χ2n) is 8.06. The Bertz CT molecular complexity index is 1100. The van der Waals surface area contributed by atoms with E-state index in [1.807, 2.05) is 24.0 Å². The lowest BCUT2D eigenvalue weighted by Crippen LogP contribution is -2.49. The first-order valence-corrected chi connectivity index (χ1v) is 11.3. The number of aromatic nitrogens is 3. The molecule has 1 aliphatic heterocycles. The molecule has 1 saturated heterocycles. The fourth-order valence-electron chi connectivity index (χ4n) is 4.28. The summed E-state index contributed by atoms with van der Waals surface area (Å²) in [5, 5.41) is 9.75. The standard InChI is InChI=1S/C23H25N5OS/c1-15-6-3-4-8-18(15)22-24-16(2)21(30-22)23(29)28-12-10-27(11-13-28)20-14-17-7-5-9-19(17)25-26-20/h3-4,6,8,14H,5,7,9-13H2,1-2H3. The second kappa shape index (κ2) is 7.80. The van der Waals surface area contributed by atoms with Crippen molar-refractivity contribution in [3.63, 3.8) is 0 Å². The smallest absolute Gasteiger partial charge is 0.265 e. The van der Waals surface area contributed by atoms with E-state index in [2.05, 4.69) is 40.2 Å². The summed E-state index contributed by atoms with van der Waals surface area (Å²) in [6, 6.07) is 10.4. The normalized spacial score (nSPS) is 16.1. The number of aryl methyl sites for hydroxylation is 4. The molecule has 30 heavy (non-hydrogen) atoms. The van der Waals surface area contributed by atoms with E-state index in [1.165, 1.54) is 28.9 Å². The van der Waals surface area contributed by atoms with Crippen molar-refractivity contribution < 1.29 is 4.79 Å². The topological polar surface area (TPSA) is 62.2 Å². The molecule has 2 aromatic heterocycles. The number of thiazole rings is 1. The zero-order valence-electron chi connectivity index (χ0n) is 17.4. The van der Waals surface area contributed by atoms with E-state index in [9.17, 15) is 4.79 Å². The van der Waals surface area contributed by atoms with Gasteiger partial charge in [0, 0.05) is 31.7 Å². The summed E-state index contributed by atoms with van der Waals surface area (Å²) >= 11 is 1.50. The van der Waals surface area contributed by atoms with Crippen molar-refractivity contribution in [3.05, 3.63) is 57.7 Å². The lowest BCUT2D eigenvalue weighted by Gasteiger charge is -2.35. The van der Waals surface area contributed by atoms with Crippen LogP contribution in [0.25, 0.3) is 10.6 Å². The molecule has 5 rings (SSSR count). The number of carbonyl (C=O) groups is 1. The minimum absolute atomic E-state index is 0.0875. The van der Waals surface area contributed by atoms with Gasteiger partial charge >= 0.3 is 0 Å². The molecule has 7 heteroatoms. The van der Waals surface area contributed by atoms with Crippen LogP contribution in [-0.2, 0) is 12.8 Å². The van der Waals surface area contributed by atoms with Crippen LogP contribution in [0.5, 0.6) is 0 Å². The molecule has 6 nitrogen and oxygen atoms in total. The van der Waals surface area contributed by atoms with Crippen LogP contribution in [0.2, 0.25) is 0 Å². The maximum absolute atomic E-state index is 13.2. The van der Waals surface area contributed by atoms with E-state index < -0.39 is 0 Å². The number of anilines is 1. The van der Waals surface area contributed by atoms with E-state index in [-0.39, 0.29) is 5.91 Å². The number of piperazine rings is 1. The van der Waals surface area contributed by atoms with Gasteiger partial charge in [-0.25, -0.2) is 4.98 Å². The molecule has 1 fully saturated rings. The lowest BCUT2D eigenvalue weighted by atomic mass is 10.1. The van der Waals surface area contributed by atoms with Crippen LogP contribution in [0.15, 0.2) is 30.3 Å². The lowest BCUT2D eigenvalue weighted by molar-refractivity contribution is 0.0750. The Hall–Kier alpha value is -2.80. The molecule has 154 valence electrons. The Kier molecular flexibility index (Phi) is 4.98.